The molecule has 4 nitrogen and oxygen atoms in total. The summed E-state index contributed by atoms with van der Waals surface area (Å²) in [6.45, 7) is 0.0424. The fraction of sp³-hybridized carbons (Fsp3) is 0.273. The molecule has 1 aromatic rings. The Hall–Kier alpha value is -1.51. The van der Waals surface area contributed by atoms with Crippen molar-refractivity contribution in [1.29, 1.82) is 0 Å². The van der Waals surface area contributed by atoms with E-state index in [1.54, 1.807) is 24.3 Å². The molecule has 1 rings (SSSR count). The van der Waals surface area contributed by atoms with Gasteiger partial charge < -0.3 is 5.11 Å². The van der Waals surface area contributed by atoms with Crippen molar-refractivity contribution in [3.05, 3.63) is 29.8 Å². The van der Waals surface area contributed by atoms with E-state index in [-0.39, 0.29) is 6.61 Å². The van der Waals surface area contributed by atoms with E-state index >= 15 is 0 Å². The molecular weight excluding hydrogens is 226 g/mol. The van der Waals surface area contributed by atoms with Crippen molar-refractivity contribution in [2.45, 2.75) is 6.42 Å². The second kappa shape index (κ2) is 5.54. The van der Waals surface area contributed by atoms with Gasteiger partial charge in [-0.2, -0.15) is 0 Å². The van der Waals surface area contributed by atoms with Crippen LogP contribution in [0.5, 0.6) is 0 Å². The van der Waals surface area contributed by atoms with Crippen molar-refractivity contribution in [2.24, 2.45) is 0 Å². The third-order valence-corrected chi connectivity index (χ3v) is 2.26. The van der Waals surface area contributed by atoms with E-state index in [0.717, 1.165) is 11.8 Å². The third-order valence-electron chi connectivity index (χ3n) is 1.66. The number of rotatable bonds is 3. The van der Waals surface area contributed by atoms with E-state index in [2.05, 4.69) is 16.6 Å². The van der Waals surface area contributed by atoms with Gasteiger partial charge in [-0.25, -0.2) is 8.42 Å². The van der Waals surface area contributed by atoms with Crippen LogP contribution < -0.4 is 4.72 Å². The Balaban J connectivity index is 2.73. The highest BCUT2D eigenvalue weighted by Gasteiger charge is 2.00. The normalized spacial score (nSPS) is 10.4. The minimum Gasteiger partial charge on any atom is -0.395 e. The van der Waals surface area contributed by atoms with Gasteiger partial charge >= 0.3 is 0 Å². The molecule has 0 saturated carbocycles. The van der Waals surface area contributed by atoms with Crippen molar-refractivity contribution in [3.8, 4) is 11.8 Å². The lowest BCUT2D eigenvalue weighted by Gasteiger charge is -2.02. The number of hydrogen-bond acceptors (Lipinski definition) is 3. The molecule has 0 bridgehead atoms. The molecule has 0 radical (unpaired) electrons. The molecule has 0 aliphatic carbocycles. The first-order chi connectivity index (χ1) is 7.51. The molecule has 86 valence electrons. The summed E-state index contributed by atoms with van der Waals surface area (Å²) in [5.74, 6) is 5.63. The van der Waals surface area contributed by atoms with Crippen LogP contribution in [0.4, 0.5) is 5.69 Å². The van der Waals surface area contributed by atoms with Crippen LogP contribution in [0.1, 0.15) is 12.0 Å². The number of nitrogens with one attached hydrogen (secondary N) is 1. The zero-order chi connectivity index (χ0) is 12.0. The van der Waals surface area contributed by atoms with Gasteiger partial charge in [0.1, 0.15) is 0 Å². The number of aliphatic hydroxyl groups is 1. The second-order valence-corrected chi connectivity index (χ2v) is 4.98. The molecule has 5 heteroatoms. The maximum Gasteiger partial charge on any atom is 0.229 e. The molecule has 16 heavy (non-hydrogen) atoms. The first-order valence-electron chi connectivity index (χ1n) is 4.69. The highest BCUT2D eigenvalue weighted by molar-refractivity contribution is 7.92. The molecule has 0 saturated heterocycles. The number of benzene rings is 1. The molecule has 1 aromatic carbocycles. The SMILES string of the molecule is CS(=O)(=O)Nc1ccc(C#CCCO)cc1. The molecule has 0 amide bonds. The average Bonchev–Trinajstić information content (AvgIpc) is 2.19. The summed E-state index contributed by atoms with van der Waals surface area (Å²) in [5, 5.41) is 8.54. The summed E-state index contributed by atoms with van der Waals surface area (Å²) in [4.78, 5) is 0. The Labute approximate surface area is 95.4 Å². The minimum atomic E-state index is -3.23. The monoisotopic (exact) mass is 239 g/mol. The fourth-order valence-corrected chi connectivity index (χ4v) is 1.62. The zero-order valence-electron chi connectivity index (χ0n) is 8.90. The van der Waals surface area contributed by atoms with Crippen LogP contribution in [0.15, 0.2) is 24.3 Å². The molecule has 0 aromatic heterocycles. The maximum absolute atomic E-state index is 10.9. The predicted octanol–water partition coefficient (Wildman–Crippen LogP) is 0.792. The molecule has 0 heterocycles. The largest absolute Gasteiger partial charge is 0.395 e. The van der Waals surface area contributed by atoms with Gasteiger partial charge in [0.05, 0.1) is 12.9 Å². The lowest BCUT2D eigenvalue weighted by molar-refractivity contribution is 0.305. The van der Waals surface area contributed by atoms with Crippen LogP contribution in [-0.2, 0) is 10.0 Å². The van der Waals surface area contributed by atoms with Gasteiger partial charge in [0.2, 0.25) is 10.0 Å². The molecule has 2 N–H and O–H groups in total. The van der Waals surface area contributed by atoms with Crippen LogP contribution in [0.2, 0.25) is 0 Å². The van der Waals surface area contributed by atoms with Gasteiger partial charge in [0.15, 0.2) is 0 Å². The van der Waals surface area contributed by atoms with Crippen molar-refractivity contribution in [1.82, 2.24) is 0 Å². The number of aliphatic hydroxyl groups excluding tert-OH is 1. The summed E-state index contributed by atoms with van der Waals surface area (Å²) in [6, 6.07) is 6.73. The van der Waals surface area contributed by atoms with Crippen LogP contribution in [0.25, 0.3) is 0 Å². The van der Waals surface area contributed by atoms with E-state index in [0.29, 0.717) is 12.1 Å². The summed E-state index contributed by atoms with van der Waals surface area (Å²) in [7, 11) is -3.23. The van der Waals surface area contributed by atoms with Gasteiger partial charge in [0, 0.05) is 17.7 Å². The van der Waals surface area contributed by atoms with E-state index in [4.69, 9.17) is 5.11 Å². The molecular formula is C11H13NO3S. The average molecular weight is 239 g/mol. The summed E-state index contributed by atoms with van der Waals surface area (Å²) < 4.78 is 24.2. The number of hydrogen-bond donors (Lipinski definition) is 2. The highest BCUT2D eigenvalue weighted by Crippen LogP contribution is 2.09. The summed E-state index contributed by atoms with van der Waals surface area (Å²) in [6.07, 6.45) is 1.53. The van der Waals surface area contributed by atoms with E-state index in [9.17, 15) is 8.42 Å². The quantitative estimate of drug-likeness (QED) is 0.766. The third kappa shape index (κ3) is 4.82. The van der Waals surface area contributed by atoms with E-state index in [1.807, 2.05) is 0 Å². The molecule has 0 aliphatic rings. The van der Waals surface area contributed by atoms with Crippen LogP contribution >= 0.6 is 0 Å². The number of sulfonamides is 1. The van der Waals surface area contributed by atoms with Gasteiger partial charge in [-0.3, -0.25) is 4.72 Å². The maximum atomic E-state index is 10.9. The van der Waals surface area contributed by atoms with Gasteiger partial charge in [-0.05, 0) is 24.3 Å². The van der Waals surface area contributed by atoms with E-state index in [1.165, 1.54) is 0 Å². The zero-order valence-corrected chi connectivity index (χ0v) is 9.71. The Morgan fingerprint density at radius 3 is 2.44 bits per heavy atom. The first kappa shape index (κ1) is 12.6. The topological polar surface area (TPSA) is 66.4 Å². The van der Waals surface area contributed by atoms with Gasteiger partial charge in [-0.1, -0.05) is 11.8 Å². The fourth-order valence-electron chi connectivity index (χ4n) is 1.06. The molecule has 0 atom stereocenters. The number of anilines is 1. The van der Waals surface area contributed by atoms with Gasteiger partial charge in [-0.15, -0.1) is 0 Å². The minimum absolute atomic E-state index is 0.0424. The van der Waals surface area contributed by atoms with Crippen molar-refractivity contribution < 1.29 is 13.5 Å². The second-order valence-electron chi connectivity index (χ2n) is 3.23. The standard InChI is InChI=1S/C11H13NO3S/c1-16(14,15)12-11-7-5-10(6-8-11)4-2-3-9-13/h5-8,12-13H,3,9H2,1H3. The van der Waals surface area contributed by atoms with Crippen LogP contribution in [0, 0.1) is 11.8 Å². The lowest BCUT2D eigenvalue weighted by atomic mass is 10.2. The molecule has 0 spiro atoms. The van der Waals surface area contributed by atoms with Gasteiger partial charge in [0.25, 0.3) is 0 Å². The molecule has 0 fully saturated rings. The highest BCUT2D eigenvalue weighted by atomic mass is 32.2. The van der Waals surface area contributed by atoms with Crippen LogP contribution in [-0.4, -0.2) is 26.4 Å². The predicted molar refractivity (Wildman–Crippen MR) is 63.5 cm³/mol. The Morgan fingerprint density at radius 1 is 1.31 bits per heavy atom. The van der Waals surface area contributed by atoms with Crippen molar-refractivity contribution in [3.63, 3.8) is 0 Å². The Bertz CT molecular complexity index is 494. The van der Waals surface area contributed by atoms with Crippen molar-refractivity contribution >= 4 is 15.7 Å². The molecule has 0 unspecified atom stereocenters. The lowest BCUT2D eigenvalue weighted by Crippen LogP contribution is -2.09. The van der Waals surface area contributed by atoms with Crippen LogP contribution in [0.3, 0.4) is 0 Å². The Morgan fingerprint density at radius 2 is 1.94 bits per heavy atom. The summed E-state index contributed by atoms with van der Waals surface area (Å²) >= 11 is 0. The first-order valence-corrected chi connectivity index (χ1v) is 6.58. The van der Waals surface area contributed by atoms with Crippen molar-refractivity contribution in [2.75, 3.05) is 17.6 Å². The molecule has 0 aliphatic heterocycles. The Kier molecular flexibility index (Phi) is 4.35. The smallest absolute Gasteiger partial charge is 0.229 e. The summed E-state index contributed by atoms with van der Waals surface area (Å²) in [5.41, 5.74) is 1.29. The van der Waals surface area contributed by atoms with E-state index < -0.39 is 10.0 Å².